The minimum atomic E-state index is -0.209. The van der Waals surface area contributed by atoms with E-state index in [1.54, 1.807) is 7.11 Å². The van der Waals surface area contributed by atoms with Crippen LogP contribution in [-0.2, 0) is 10.2 Å². The summed E-state index contributed by atoms with van der Waals surface area (Å²) in [6, 6.07) is 20.2. The molecule has 4 rings (SSSR count). The summed E-state index contributed by atoms with van der Waals surface area (Å²) in [6.45, 7) is 6.06. The number of amides is 1. The van der Waals surface area contributed by atoms with Gasteiger partial charge in [0, 0.05) is 16.4 Å². The van der Waals surface area contributed by atoms with Gasteiger partial charge in [0.05, 0.1) is 13.2 Å². The molecule has 1 fully saturated rings. The summed E-state index contributed by atoms with van der Waals surface area (Å²) in [5.74, 6) is 0.736. The predicted molar refractivity (Wildman–Crippen MR) is 136 cm³/mol. The Hall–Kier alpha value is -2.56. The van der Waals surface area contributed by atoms with Gasteiger partial charge in [-0.15, -0.1) is 0 Å². The zero-order chi connectivity index (χ0) is 23.6. The second-order valence-corrected chi connectivity index (χ2v) is 9.79. The molecule has 0 bridgehead atoms. The first-order chi connectivity index (χ1) is 15.8. The van der Waals surface area contributed by atoms with Crippen molar-refractivity contribution in [1.29, 1.82) is 0 Å². The Kier molecular flexibility index (Phi) is 6.96. The van der Waals surface area contributed by atoms with Gasteiger partial charge in [-0.1, -0.05) is 54.9 Å². The molecule has 3 aromatic carbocycles. The van der Waals surface area contributed by atoms with Crippen LogP contribution in [0, 0.1) is 5.92 Å². The maximum atomic E-state index is 13.6. The van der Waals surface area contributed by atoms with Crippen molar-refractivity contribution >= 4 is 28.3 Å². The number of piperidine rings is 1. The second kappa shape index (κ2) is 9.74. The van der Waals surface area contributed by atoms with E-state index in [0.717, 1.165) is 48.0 Å². The van der Waals surface area contributed by atoms with Gasteiger partial charge >= 0.3 is 0 Å². The molecular formula is C28H33ClN2O2. The topological polar surface area (TPSA) is 41.6 Å². The fourth-order valence-corrected chi connectivity index (χ4v) is 5.47. The van der Waals surface area contributed by atoms with Crippen molar-refractivity contribution in [1.82, 2.24) is 10.2 Å². The van der Waals surface area contributed by atoms with Crippen LogP contribution in [0.1, 0.15) is 43.9 Å². The Labute approximate surface area is 201 Å². The summed E-state index contributed by atoms with van der Waals surface area (Å²) in [5, 5.41) is 6.19. The van der Waals surface area contributed by atoms with E-state index in [2.05, 4.69) is 48.5 Å². The van der Waals surface area contributed by atoms with Crippen molar-refractivity contribution in [3.8, 4) is 5.75 Å². The van der Waals surface area contributed by atoms with E-state index >= 15 is 0 Å². The average Bonchev–Trinajstić information content (AvgIpc) is 2.83. The van der Waals surface area contributed by atoms with Crippen LogP contribution in [0.4, 0.5) is 0 Å². The highest BCUT2D eigenvalue weighted by Crippen LogP contribution is 2.43. The van der Waals surface area contributed by atoms with Crippen LogP contribution in [0.3, 0.4) is 0 Å². The average molecular weight is 465 g/mol. The molecule has 3 aromatic rings. The molecule has 5 heteroatoms. The van der Waals surface area contributed by atoms with Gasteiger partial charge < -0.3 is 15.0 Å². The number of carbonyl (C=O) groups is 1. The van der Waals surface area contributed by atoms with Crippen LogP contribution in [0.5, 0.6) is 5.75 Å². The minimum absolute atomic E-state index is 0.0759. The first kappa shape index (κ1) is 23.6. The van der Waals surface area contributed by atoms with Gasteiger partial charge in [0.1, 0.15) is 5.75 Å². The number of rotatable bonds is 6. The fourth-order valence-electron chi connectivity index (χ4n) is 5.24. The maximum Gasteiger partial charge on any atom is 0.224 e. The highest BCUT2D eigenvalue weighted by atomic mass is 35.5. The zero-order valence-electron chi connectivity index (χ0n) is 19.9. The van der Waals surface area contributed by atoms with Crippen LogP contribution in [0.15, 0.2) is 60.7 Å². The van der Waals surface area contributed by atoms with E-state index in [0.29, 0.717) is 5.02 Å². The lowest BCUT2D eigenvalue weighted by Gasteiger charge is -2.45. The molecule has 0 spiro atoms. The van der Waals surface area contributed by atoms with Crippen molar-refractivity contribution in [3.05, 3.63) is 76.8 Å². The zero-order valence-corrected chi connectivity index (χ0v) is 20.7. The van der Waals surface area contributed by atoms with Crippen molar-refractivity contribution in [2.75, 3.05) is 27.2 Å². The van der Waals surface area contributed by atoms with E-state index < -0.39 is 0 Å². The highest BCUT2D eigenvalue weighted by molar-refractivity contribution is 6.31. The van der Waals surface area contributed by atoms with E-state index in [1.165, 1.54) is 5.56 Å². The third kappa shape index (κ3) is 4.73. The summed E-state index contributed by atoms with van der Waals surface area (Å²) < 4.78 is 5.36. The monoisotopic (exact) mass is 464 g/mol. The number of benzene rings is 3. The number of carbonyl (C=O) groups excluding carboxylic acids is 1. The molecule has 1 heterocycles. The molecule has 1 aliphatic heterocycles. The molecule has 0 aromatic heterocycles. The molecule has 2 unspecified atom stereocenters. The maximum absolute atomic E-state index is 13.6. The molecule has 33 heavy (non-hydrogen) atoms. The summed E-state index contributed by atoms with van der Waals surface area (Å²) in [5.41, 5.74) is 2.04. The summed E-state index contributed by atoms with van der Waals surface area (Å²) >= 11 is 6.40. The molecule has 0 saturated carbocycles. The normalized spacial score (nSPS) is 18.0. The molecule has 4 nitrogen and oxygen atoms in total. The number of halogens is 1. The molecule has 174 valence electrons. The van der Waals surface area contributed by atoms with Gasteiger partial charge in [0.2, 0.25) is 5.91 Å². The van der Waals surface area contributed by atoms with Gasteiger partial charge in [-0.3, -0.25) is 4.79 Å². The predicted octanol–water partition coefficient (Wildman–Crippen LogP) is 5.98. The second-order valence-electron chi connectivity index (χ2n) is 9.36. The molecular weight excluding hydrogens is 432 g/mol. The van der Waals surface area contributed by atoms with Crippen molar-refractivity contribution in [2.24, 2.45) is 5.92 Å². The lowest BCUT2D eigenvalue weighted by Crippen LogP contribution is -2.50. The smallest absolute Gasteiger partial charge is 0.224 e. The lowest BCUT2D eigenvalue weighted by molar-refractivity contribution is -0.128. The van der Waals surface area contributed by atoms with E-state index in [-0.39, 0.29) is 23.3 Å². The van der Waals surface area contributed by atoms with Crippen LogP contribution >= 0.6 is 11.6 Å². The first-order valence-corrected chi connectivity index (χ1v) is 12.0. The fraction of sp³-hybridized carbons (Fsp3) is 0.393. The Balaban J connectivity index is 1.62. The molecule has 2 atom stereocenters. The van der Waals surface area contributed by atoms with Crippen molar-refractivity contribution in [2.45, 2.75) is 38.1 Å². The number of nitrogens with zero attached hydrogens (tertiary/aromatic N) is 1. The molecule has 1 saturated heterocycles. The molecule has 1 N–H and O–H groups in total. The van der Waals surface area contributed by atoms with Gasteiger partial charge in [-0.25, -0.2) is 0 Å². The Morgan fingerprint density at radius 1 is 1.06 bits per heavy atom. The molecule has 0 aliphatic carbocycles. The van der Waals surface area contributed by atoms with E-state index in [1.807, 2.05) is 43.3 Å². The van der Waals surface area contributed by atoms with E-state index in [4.69, 9.17) is 16.3 Å². The SMILES string of the molecule is COc1ccc(C2(C(C)C(=O)NC(C)c3cc(Cl)cc4ccccc34)CCN(C)CC2)cc1. The number of hydrogen-bond acceptors (Lipinski definition) is 3. The van der Waals surface area contributed by atoms with Crippen LogP contribution in [-0.4, -0.2) is 38.1 Å². The van der Waals surface area contributed by atoms with Crippen molar-refractivity contribution in [3.63, 3.8) is 0 Å². The van der Waals surface area contributed by atoms with Gasteiger partial charge in [0.15, 0.2) is 0 Å². The van der Waals surface area contributed by atoms with E-state index in [9.17, 15) is 4.79 Å². The Bertz CT molecular complexity index is 1120. The van der Waals surface area contributed by atoms with Gasteiger partial charge in [-0.2, -0.15) is 0 Å². The Morgan fingerprint density at radius 3 is 2.39 bits per heavy atom. The number of ether oxygens (including phenoxy) is 1. The number of nitrogens with one attached hydrogen (secondary N) is 1. The number of likely N-dealkylation sites (tertiary alicyclic amines) is 1. The molecule has 1 aliphatic rings. The first-order valence-electron chi connectivity index (χ1n) is 11.7. The summed E-state index contributed by atoms with van der Waals surface area (Å²) in [6.07, 6.45) is 1.89. The molecule has 1 amide bonds. The lowest BCUT2D eigenvalue weighted by atomic mass is 9.64. The molecule has 0 radical (unpaired) electrons. The van der Waals surface area contributed by atoms with Crippen LogP contribution < -0.4 is 10.1 Å². The quantitative estimate of drug-likeness (QED) is 0.488. The number of hydrogen-bond donors (Lipinski definition) is 1. The van der Waals surface area contributed by atoms with Crippen LogP contribution in [0.25, 0.3) is 10.8 Å². The minimum Gasteiger partial charge on any atom is -0.497 e. The highest BCUT2D eigenvalue weighted by Gasteiger charge is 2.43. The Morgan fingerprint density at radius 2 is 1.73 bits per heavy atom. The number of methoxy groups -OCH3 is 1. The van der Waals surface area contributed by atoms with Crippen LogP contribution in [0.2, 0.25) is 5.02 Å². The third-order valence-electron chi connectivity index (χ3n) is 7.45. The summed E-state index contributed by atoms with van der Waals surface area (Å²) in [4.78, 5) is 16.0. The third-order valence-corrected chi connectivity index (χ3v) is 7.67. The number of fused-ring (bicyclic) bond motifs is 1. The van der Waals surface area contributed by atoms with Gasteiger partial charge in [0.25, 0.3) is 0 Å². The van der Waals surface area contributed by atoms with Crippen molar-refractivity contribution < 1.29 is 9.53 Å². The summed E-state index contributed by atoms with van der Waals surface area (Å²) in [7, 11) is 3.83. The largest absolute Gasteiger partial charge is 0.497 e. The van der Waals surface area contributed by atoms with Gasteiger partial charge in [-0.05, 0) is 86.1 Å². The standard InChI is InChI=1S/C28H33ClN2O2/c1-19(28(13-15-31(3)16-14-28)22-9-11-24(33-4)12-10-22)27(32)30-20(2)26-18-23(29)17-21-7-5-6-8-25(21)26/h5-12,17-20H,13-16H2,1-4H3,(H,30,32).